The molecule has 0 aliphatic heterocycles. The van der Waals surface area contributed by atoms with E-state index in [1.165, 1.54) is 18.4 Å². The lowest BCUT2D eigenvalue weighted by molar-refractivity contribution is -0.117. The van der Waals surface area contributed by atoms with E-state index >= 15 is 0 Å². The van der Waals surface area contributed by atoms with E-state index < -0.39 is 5.91 Å². The highest BCUT2D eigenvalue weighted by molar-refractivity contribution is 6.30. The van der Waals surface area contributed by atoms with E-state index in [2.05, 4.69) is 10.5 Å². The van der Waals surface area contributed by atoms with E-state index in [-0.39, 0.29) is 11.3 Å². The van der Waals surface area contributed by atoms with E-state index in [1.807, 2.05) is 0 Å². The van der Waals surface area contributed by atoms with E-state index in [0.717, 1.165) is 5.56 Å². The van der Waals surface area contributed by atoms with Gasteiger partial charge in [0.1, 0.15) is 17.4 Å². The highest BCUT2D eigenvalue weighted by Gasteiger charge is 2.09. The van der Waals surface area contributed by atoms with Crippen LogP contribution in [-0.4, -0.2) is 17.2 Å². The first-order chi connectivity index (χ1) is 11.1. The first-order valence-corrected chi connectivity index (χ1v) is 6.96. The summed E-state index contributed by atoms with van der Waals surface area (Å²) in [7, 11) is 0. The summed E-state index contributed by atoms with van der Waals surface area (Å²) in [6.07, 6.45) is 2.73. The number of hydrogen-bond donors (Lipinski definition) is 2. The number of nitriles is 1. The summed E-state index contributed by atoms with van der Waals surface area (Å²) in [6.45, 7) is 0. The molecule has 23 heavy (non-hydrogen) atoms. The molecule has 0 fully saturated rings. The van der Waals surface area contributed by atoms with Crippen molar-refractivity contribution in [3.8, 4) is 11.8 Å². The average molecular weight is 326 g/mol. The lowest BCUT2D eigenvalue weighted by Gasteiger charge is -2.00. The number of aromatic hydroxyl groups is 1. The number of phenolic OH excluding ortho intramolecular Hbond substituents is 1. The lowest BCUT2D eigenvalue weighted by Crippen LogP contribution is -2.19. The Morgan fingerprint density at radius 2 is 1.91 bits per heavy atom. The number of halogens is 1. The zero-order chi connectivity index (χ0) is 16.7. The van der Waals surface area contributed by atoms with Gasteiger partial charge < -0.3 is 5.11 Å². The van der Waals surface area contributed by atoms with Crippen molar-refractivity contribution in [2.75, 3.05) is 0 Å². The molecule has 0 aliphatic carbocycles. The second-order valence-corrected chi connectivity index (χ2v) is 4.92. The Morgan fingerprint density at radius 3 is 2.57 bits per heavy atom. The summed E-state index contributed by atoms with van der Waals surface area (Å²) < 4.78 is 0. The second-order valence-electron chi connectivity index (χ2n) is 4.48. The van der Waals surface area contributed by atoms with Gasteiger partial charge in [0.15, 0.2) is 0 Å². The fourth-order valence-electron chi connectivity index (χ4n) is 1.69. The van der Waals surface area contributed by atoms with Crippen molar-refractivity contribution in [2.45, 2.75) is 0 Å². The van der Waals surface area contributed by atoms with Gasteiger partial charge in [0, 0.05) is 10.6 Å². The minimum atomic E-state index is -0.666. The quantitative estimate of drug-likeness (QED) is 0.392. The van der Waals surface area contributed by atoms with Crippen molar-refractivity contribution in [1.29, 1.82) is 5.26 Å². The van der Waals surface area contributed by atoms with Gasteiger partial charge in [0.25, 0.3) is 5.91 Å². The number of carbonyl (C=O) groups is 1. The van der Waals surface area contributed by atoms with Gasteiger partial charge in [0.2, 0.25) is 0 Å². The summed E-state index contributed by atoms with van der Waals surface area (Å²) in [6, 6.07) is 15.1. The minimum Gasteiger partial charge on any atom is -0.507 e. The van der Waals surface area contributed by atoms with Crippen molar-refractivity contribution in [3.05, 3.63) is 70.3 Å². The Labute approximate surface area is 138 Å². The van der Waals surface area contributed by atoms with Crippen molar-refractivity contribution in [1.82, 2.24) is 5.43 Å². The molecular formula is C17H12ClN3O2. The molecule has 5 nitrogen and oxygen atoms in total. The Morgan fingerprint density at radius 1 is 1.22 bits per heavy atom. The van der Waals surface area contributed by atoms with Crippen LogP contribution in [0.25, 0.3) is 6.08 Å². The van der Waals surface area contributed by atoms with Gasteiger partial charge in [-0.2, -0.15) is 10.4 Å². The third-order valence-electron chi connectivity index (χ3n) is 2.85. The highest BCUT2D eigenvalue weighted by Crippen LogP contribution is 2.18. The second kappa shape index (κ2) is 7.78. The summed E-state index contributed by atoms with van der Waals surface area (Å²) >= 11 is 5.77. The van der Waals surface area contributed by atoms with Crippen LogP contribution in [0.2, 0.25) is 5.02 Å². The highest BCUT2D eigenvalue weighted by atomic mass is 35.5. The standard InChI is InChI=1S/C17H12ClN3O2/c18-15-7-5-12(6-8-15)11-20-21-17(23)14(10-19)9-13-3-1-2-4-16(13)22/h1-9,11,22H,(H,21,23)/b14-9+,20-11+. The molecule has 0 radical (unpaired) electrons. The van der Waals surface area contributed by atoms with Gasteiger partial charge in [-0.25, -0.2) is 5.43 Å². The molecule has 0 heterocycles. The number of amides is 1. The van der Waals surface area contributed by atoms with Crippen molar-refractivity contribution < 1.29 is 9.90 Å². The molecule has 1 amide bonds. The summed E-state index contributed by atoms with van der Waals surface area (Å²) in [5.41, 5.74) is 3.22. The molecule has 0 unspecified atom stereocenters. The Hall–Kier alpha value is -3.10. The van der Waals surface area contributed by atoms with Crippen LogP contribution in [0, 0.1) is 11.3 Å². The predicted molar refractivity (Wildman–Crippen MR) is 88.9 cm³/mol. The summed E-state index contributed by atoms with van der Waals surface area (Å²) in [5, 5.41) is 23.1. The molecule has 0 bridgehead atoms. The number of phenols is 1. The maximum atomic E-state index is 11.9. The molecule has 6 heteroatoms. The third-order valence-corrected chi connectivity index (χ3v) is 3.10. The van der Waals surface area contributed by atoms with Crippen LogP contribution in [0.4, 0.5) is 0 Å². The largest absolute Gasteiger partial charge is 0.507 e. The van der Waals surface area contributed by atoms with Crippen LogP contribution >= 0.6 is 11.6 Å². The zero-order valence-electron chi connectivity index (χ0n) is 11.9. The molecule has 0 atom stereocenters. The minimum absolute atomic E-state index is 0.0160. The fourth-order valence-corrected chi connectivity index (χ4v) is 1.81. The predicted octanol–water partition coefficient (Wildman–Crippen LogP) is 3.10. The van der Waals surface area contributed by atoms with Crippen LogP contribution in [-0.2, 0) is 4.79 Å². The first kappa shape index (κ1) is 16.3. The molecule has 114 valence electrons. The van der Waals surface area contributed by atoms with Gasteiger partial charge in [-0.3, -0.25) is 4.79 Å². The topological polar surface area (TPSA) is 85.5 Å². The number of rotatable bonds is 4. The van der Waals surface area contributed by atoms with Gasteiger partial charge in [-0.1, -0.05) is 41.9 Å². The van der Waals surface area contributed by atoms with Gasteiger partial charge in [0.05, 0.1) is 6.21 Å². The number of hydrazone groups is 1. The van der Waals surface area contributed by atoms with E-state index in [0.29, 0.717) is 10.6 Å². The molecule has 0 saturated heterocycles. The summed E-state index contributed by atoms with van der Waals surface area (Å²) in [5.74, 6) is -0.682. The van der Waals surface area contributed by atoms with Crippen molar-refractivity contribution in [3.63, 3.8) is 0 Å². The number of para-hydroxylation sites is 1. The van der Waals surface area contributed by atoms with Gasteiger partial charge in [-0.15, -0.1) is 0 Å². The van der Waals surface area contributed by atoms with Crippen LogP contribution in [0.15, 0.2) is 59.2 Å². The smallest absolute Gasteiger partial charge is 0.282 e. The zero-order valence-corrected chi connectivity index (χ0v) is 12.7. The normalized spacial score (nSPS) is 11.2. The number of benzene rings is 2. The van der Waals surface area contributed by atoms with Crippen LogP contribution in [0.3, 0.4) is 0 Å². The molecule has 0 aliphatic rings. The molecule has 0 spiro atoms. The van der Waals surface area contributed by atoms with Crippen LogP contribution < -0.4 is 5.43 Å². The average Bonchev–Trinajstić information content (AvgIpc) is 2.56. The molecule has 2 rings (SSSR count). The first-order valence-electron chi connectivity index (χ1n) is 6.59. The summed E-state index contributed by atoms with van der Waals surface area (Å²) in [4.78, 5) is 11.9. The molecule has 2 aromatic carbocycles. The van der Waals surface area contributed by atoms with Crippen LogP contribution in [0.1, 0.15) is 11.1 Å². The Kier molecular flexibility index (Phi) is 5.50. The molecular weight excluding hydrogens is 314 g/mol. The SMILES string of the molecule is N#C/C(=C\c1ccccc1O)C(=O)N/N=C/c1ccc(Cl)cc1. The van der Waals surface area contributed by atoms with E-state index in [4.69, 9.17) is 16.9 Å². The van der Waals surface area contributed by atoms with Crippen molar-refractivity contribution in [2.24, 2.45) is 5.10 Å². The molecule has 2 N–H and O–H groups in total. The Bertz CT molecular complexity index is 805. The van der Waals surface area contributed by atoms with Gasteiger partial charge in [-0.05, 0) is 29.8 Å². The van der Waals surface area contributed by atoms with Gasteiger partial charge >= 0.3 is 0 Å². The lowest BCUT2D eigenvalue weighted by atomic mass is 10.1. The Balaban J connectivity index is 2.08. The number of nitrogens with one attached hydrogen (secondary N) is 1. The third kappa shape index (κ3) is 4.70. The fraction of sp³-hybridized carbons (Fsp3) is 0. The van der Waals surface area contributed by atoms with E-state index in [9.17, 15) is 9.90 Å². The molecule has 2 aromatic rings. The molecule has 0 saturated carbocycles. The van der Waals surface area contributed by atoms with Crippen LogP contribution in [0.5, 0.6) is 5.75 Å². The maximum absolute atomic E-state index is 11.9. The van der Waals surface area contributed by atoms with E-state index in [1.54, 1.807) is 48.5 Å². The number of nitrogens with zero attached hydrogens (tertiary/aromatic N) is 2. The number of hydrogen-bond acceptors (Lipinski definition) is 4. The monoisotopic (exact) mass is 325 g/mol. The maximum Gasteiger partial charge on any atom is 0.282 e. The number of carbonyl (C=O) groups excluding carboxylic acids is 1. The van der Waals surface area contributed by atoms with Crippen molar-refractivity contribution >= 4 is 29.8 Å². The molecule has 0 aromatic heterocycles.